The van der Waals surface area contributed by atoms with Gasteiger partial charge in [-0.05, 0) is 19.3 Å². The number of nitrogens with zero attached hydrogens (tertiary/aromatic N) is 4. The van der Waals surface area contributed by atoms with Gasteiger partial charge in [0.2, 0.25) is 5.91 Å². The van der Waals surface area contributed by atoms with E-state index in [1.807, 2.05) is 27.7 Å². The lowest BCUT2D eigenvalue weighted by Crippen LogP contribution is -2.29. The number of rotatable bonds is 8. The number of amides is 1. The highest BCUT2D eigenvalue weighted by Gasteiger charge is 2.15. The average Bonchev–Trinajstić information content (AvgIpc) is 2.97. The molecule has 0 unspecified atom stereocenters. The number of aryl methyl sites for hydroxylation is 1. The number of carbonyl (C=O) groups excluding carboxylic acids is 1. The molecule has 0 aliphatic carbocycles. The Labute approximate surface area is 145 Å². The minimum atomic E-state index is -0.140. The lowest BCUT2D eigenvalue weighted by atomic mass is 10.2. The van der Waals surface area contributed by atoms with Gasteiger partial charge in [-0.15, -0.1) is 0 Å². The second-order valence-electron chi connectivity index (χ2n) is 6.06. The van der Waals surface area contributed by atoms with Crippen LogP contribution < -0.4 is 10.9 Å². The molecule has 1 N–H and O–H groups in total. The summed E-state index contributed by atoms with van der Waals surface area (Å²) in [5, 5.41) is 7.74. The van der Waals surface area contributed by atoms with Crippen LogP contribution in [0.15, 0.2) is 16.1 Å². The smallest absolute Gasteiger partial charge is 0.282 e. The van der Waals surface area contributed by atoms with Gasteiger partial charge in [-0.25, -0.2) is 4.98 Å². The van der Waals surface area contributed by atoms with Crippen molar-refractivity contribution in [2.24, 2.45) is 5.92 Å². The quantitative estimate of drug-likeness (QED) is 0.580. The van der Waals surface area contributed by atoms with Gasteiger partial charge in [-0.3, -0.25) is 18.8 Å². The molecule has 1 amide bonds. The Morgan fingerprint density at radius 2 is 2.12 bits per heavy atom. The molecule has 8 heteroatoms. The van der Waals surface area contributed by atoms with Gasteiger partial charge in [-0.2, -0.15) is 5.10 Å². The Balaban J connectivity index is 2.25. The van der Waals surface area contributed by atoms with E-state index < -0.39 is 0 Å². The molecule has 0 fully saturated rings. The molecule has 2 aromatic heterocycles. The minimum absolute atomic E-state index is 0.0460. The number of carbonyl (C=O) groups is 1. The molecule has 0 saturated heterocycles. The van der Waals surface area contributed by atoms with Crippen LogP contribution >= 0.6 is 11.8 Å². The van der Waals surface area contributed by atoms with Crippen LogP contribution in [-0.4, -0.2) is 37.5 Å². The Bertz CT molecular complexity index is 766. The first-order chi connectivity index (χ1) is 11.5. The fraction of sp³-hybridized carbons (Fsp3) is 0.625. The molecule has 2 aromatic rings. The van der Waals surface area contributed by atoms with Crippen molar-refractivity contribution >= 4 is 28.7 Å². The predicted octanol–water partition coefficient (Wildman–Crippen LogP) is 1.89. The molecule has 0 aliphatic rings. The van der Waals surface area contributed by atoms with Gasteiger partial charge >= 0.3 is 0 Å². The molecule has 0 spiro atoms. The van der Waals surface area contributed by atoms with Gasteiger partial charge in [0.15, 0.2) is 10.7 Å². The van der Waals surface area contributed by atoms with Crippen molar-refractivity contribution in [2.75, 3.05) is 12.3 Å². The van der Waals surface area contributed by atoms with Crippen molar-refractivity contribution in [3.63, 3.8) is 0 Å². The maximum absolute atomic E-state index is 12.7. The molecule has 132 valence electrons. The second-order valence-corrected chi connectivity index (χ2v) is 7.00. The van der Waals surface area contributed by atoms with Crippen molar-refractivity contribution in [3.05, 3.63) is 16.6 Å². The summed E-state index contributed by atoms with van der Waals surface area (Å²) in [7, 11) is 0. The largest absolute Gasteiger partial charge is 0.355 e. The average molecular weight is 351 g/mol. The number of hydrogen-bond donors (Lipinski definition) is 1. The Morgan fingerprint density at radius 1 is 1.38 bits per heavy atom. The monoisotopic (exact) mass is 351 g/mol. The molecule has 0 aliphatic heterocycles. The molecule has 2 heterocycles. The maximum atomic E-state index is 12.7. The molecule has 0 bridgehead atoms. The molecular weight excluding hydrogens is 326 g/mol. The number of fused-ring (bicyclic) bond motifs is 1. The molecule has 0 atom stereocenters. The summed E-state index contributed by atoms with van der Waals surface area (Å²) in [6, 6.07) is 0. The highest BCUT2D eigenvalue weighted by Crippen LogP contribution is 2.17. The molecule has 2 rings (SSSR count). The van der Waals surface area contributed by atoms with Gasteiger partial charge in [0.25, 0.3) is 5.56 Å². The van der Waals surface area contributed by atoms with Crippen LogP contribution in [0.4, 0.5) is 0 Å². The van der Waals surface area contributed by atoms with E-state index in [1.54, 1.807) is 15.4 Å². The van der Waals surface area contributed by atoms with Crippen molar-refractivity contribution in [1.29, 1.82) is 0 Å². The summed E-state index contributed by atoms with van der Waals surface area (Å²) in [6.07, 6.45) is 2.59. The Hall–Kier alpha value is -1.83. The second kappa shape index (κ2) is 8.32. The summed E-state index contributed by atoms with van der Waals surface area (Å²) >= 11 is 1.30. The highest BCUT2D eigenvalue weighted by molar-refractivity contribution is 7.99. The maximum Gasteiger partial charge on any atom is 0.282 e. The number of nitrogens with one attached hydrogen (secondary N) is 1. The number of thioether (sulfide) groups is 1. The third kappa shape index (κ3) is 4.37. The molecule has 0 aromatic carbocycles. The molecule has 0 saturated carbocycles. The van der Waals surface area contributed by atoms with Crippen LogP contribution in [0.3, 0.4) is 0 Å². The lowest BCUT2D eigenvalue weighted by molar-refractivity contribution is -0.118. The van der Waals surface area contributed by atoms with E-state index in [0.717, 1.165) is 6.42 Å². The van der Waals surface area contributed by atoms with Crippen molar-refractivity contribution in [3.8, 4) is 0 Å². The van der Waals surface area contributed by atoms with E-state index in [0.29, 0.717) is 41.7 Å². The van der Waals surface area contributed by atoms with Crippen LogP contribution in [0, 0.1) is 5.92 Å². The minimum Gasteiger partial charge on any atom is -0.355 e. The fourth-order valence-corrected chi connectivity index (χ4v) is 3.07. The first-order valence-corrected chi connectivity index (χ1v) is 9.32. The molecule has 7 nitrogen and oxygen atoms in total. The number of aromatic nitrogens is 4. The molecular formula is C16H25N5O2S. The number of hydrogen-bond acceptors (Lipinski definition) is 5. The lowest BCUT2D eigenvalue weighted by Gasteiger charge is -2.11. The third-order valence-electron chi connectivity index (χ3n) is 3.45. The van der Waals surface area contributed by atoms with Crippen molar-refractivity contribution in [1.82, 2.24) is 24.6 Å². The van der Waals surface area contributed by atoms with Crippen LogP contribution in [0.2, 0.25) is 0 Å². The zero-order valence-corrected chi connectivity index (χ0v) is 15.5. The van der Waals surface area contributed by atoms with E-state index in [-0.39, 0.29) is 17.2 Å². The highest BCUT2D eigenvalue weighted by atomic mass is 32.2. The Morgan fingerprint density at radius 3 is 2.75 bits per heavy atom. The Kier molecular flexibility index (Phi) is 6.42. The standard InChI is InChI=1S/C16H25N5O2S/c1-5-7-21-15(23)14-12(9-20(6-2)19-14)18-16(21)24-10-13(22)17-8-11(3)4/h9,11H,5-8,10H2,1-4H3,(H,17,22). The van der Waals surface area contributed by atoms with Crippen LogP contribution in [0.5, 0.6) is 0 Å². The normalized spacial score (nSPS) is 11.4. The van der Waals surface area contributed by atoms with E-state index >= 15 is 0 Å². The summed E-state index contributed by atoms with van der Waals surface area (Å²) in [4.78, 5) is 29.1. The first kappa shape index (κ1) is 18.5. The van der Waals surface area contributed by atoms with Gasteiger partial charge in [-0.1, -0.05) is 32.5 Å². The van der Waals surface area contributed by atoms with E-state index in [2.05, 4.69) is 15.4 Å². The van der Waals surface area contributed by atoms with Crippen LogP contribution in [0.1, 0.15) is 34.1 Å². The van der Waals surface area contributed by atoms with Gasteiger partial charge in [0.1, 0.15) is 5.52 Å². The predicted molar refractivity (Wildman–Crippen MR) is 96.3 cm³/mol. The summed E-state index contributed by atoms with van der Waals surface area (Å²) in [5.41, 5.74) is 0.831. The SMILES string of the molecule is CCCn1c(SCC(=O)NCC(C)C)nc2cn(CC)nc2c1=O. The fourth-order valence-electron chi connectivity index (χ4n) is 2.22. The van der Waals surface area contributed by atoms with Gasteiger partial charge < -0.3 is 5.32 Å². The zero-order chi connectivity index (χ0) is 17.7. The van der Waals surface area contributed by atoms with Crippen molar-refractivity contribution < 1.29 is 4.79 Å². The zero-order valence-electron chi connectivity index (χ0n) is 14.7. The first-order valence-electron chi connectivity index (χ1n) is 8.33. The summed E-state index contributed by atoms with van der Waals surface area (Å²) < 4.78 is 3.33. The van der Waals surface area contributed by atoms with Crippen molar-refractivity contribution in [2.45, 2.75) is 52.4 Å². The summed E-state index contributed by atoms with van der Waals surface area (Å²) in [5.74, 6) is 0.609. The van der Waals surface area contributed by atoms with E-state index in [4.69, 9.17) is 0 Å². The molecule has 24 heavy (non-hydrogen) atoms. The van der Waals surface area contributed by atoms with E-state index in [9.17, 15) is 9.59 Å². The van der Waals surface area contributed by atoms with Gasteiger partial charge in [0, 0.05) is 19.6 Å². The van der Waals surface area contributed by atoms with Crippen LogP contribution in [0.25, 0.3) is 11.0 Å². The third-order valence-corrected chi connectivity index (χ3v) is 4.42. The summed E-state index contributed by atoms with van der Waals surface area (Å²) in [6.45, 7) is 9.97. The van der Waals surface area contributed by atoms with Crippen LogP contribution in [-0.2, 0) is 17.9 Å². The topological polar surface area (TPSA) is 81.8 Å². The van der Waals surface area contributed by atoms with Gasteiger partial charge in [0.05, 0.1) is 11.9 Å². The molecule has 0 radical (unpaired) electrons. The van der Waals surface area contributed by atoms with E-state index in [1.165, 1.54) is 11.8 Å².